The second-order valence-corrected chi connectivity index (χ2v) is 6.59. The average Bonchev–Trinajstić information content (AvgIpc) is 2.42. The lowest BCUT2D eigenvalue weighted by Gasteiger charge is -2.34. The Bertz CT molecular complexity index is 569. The lowest BCUT2D eigenvalue weighted by atomic mass is 10.0. The molecule has 7 nitrogen and oxygen atoms in total. The summed E-state index contributed by atoms with van der Waals surface area (Å²) in [5.74, 6) is 0. The molecule has 0 radical (unpaired) electrons. The van der Waals surface area contributed by atoms with E-state index in [-0.39, 0.29) is 11.3 Å². The lowest BCUT2D eigenvalue weighted by Crippen LogP contribution is -2.50. The SMILES string of the molecule is Cc1ccc(S(=O)(=O)OC[C@H]2O[C@@H](O)C[C@@H](O)[C@@H]2O)cc1. The third-order valence-electron chi connectivity index (χ3n) is 3.25. The van der Waals surface area contributed by atoms with Crippen LogP contribution < -0.4 is 0 Å². The highest BCUT2D eigenvalue weighted by atomic mass is 32.2. The first kappa shape index (κ1) is 16.3. The summed E-state index contributed by atoms with van der Waals surface area (Å²) in [5, 5.41) is 28.5. The molecule has 0 spiro atoms. The summed E-state index contributed by atoms with van der Waals surface area (Å²) >= 11 is 0. The van der Waals surface area contributed by atoms with Gasteiger partial charge in [0, 0.05) is 6.42 Å². The number of hydrogen-bond donors (Lipinski definition) is 3. The van der Waals surface area contributed by atoms with Crippen molar-refractivity contribution in [1.82, 2.24) is 0 Å². The number of benzene rings is 1. The smallest absolute Gasteiger partial charge is 0.297 e. The van der Waals surface area contributed by atoms with Crippen LogP contribution in [0.4, 0.5) is 0 Å². The fraction of sp³-hybridized carbons (Fsp3) is 0.538. The predicted octanol–water partition coefficient (Wildman–Crippen LogP) is -0.471. The van der Waals surface area contributed by atoms with E-state index >= 15 is 0 Å². The van der Waals surface area contributed by atoms with Crippen LogP contribution in [0.2, 0.25) is 0 Å². The van der Waals surface area contributed by atoms with Crippen molar-refractivity contribution in [3.63, 3.8) is 0 Å². The van der Waals surface area contributed by atoms with Gasteiger partial charge in [-0.15, -0.1) is 0 Å². The van der Waals surface area contributed by atoms with E-state index in [1.54, 1.807) is 12.1 Å². The van der Waals surface area contributed by atoms with E-state index in [0.717, 1.165) is 5.56 Å². The molecular formula is C13H18O7S. The normalized spacial score (nSPS) is 30.3. The van der Waals surface area contributed by atoms with Gasteiger partial charge in [-0.05, 0) is 19.1 Å². The van der Waals surface area contributed by atoms with Crippen molar-refractivity contribution < 1.29 is 32.7 Å². The molecule has 0 amide bonds. The first-order chi connectivity index (χ1) is 9.79. The quantitative estimate of drug-likeness (QED) is 0.643. The Morgan fingerprint density at radius 2 is 1.86 bits per heavy atom. The molecule has 0 unspecified atom stereocenters. The summed E-state index contributed by atoms with van der Waals surface area (Å²) in [4.78, 5) is -0.0144. The number of ether oxygens (including phenoxy) is 1. The standard InChI is InChI=1S/C13H18O7S/c1-8-2-4-9(5-3-8)21(17,18)19-7-11-13(16)10(14)6-12(15)20-11/h2-5,10-16H,6-7H2,1H3/t10-,11-,12-,13+/m1/s1. The molecule has 4 atom stereocenters. The first-order valence-electron chi connectivity index (χ1n) is 6.45. The Hall–Kier alpha value is -1.03. The van der Waals surface area contributed by atoms with Crippen LogP contribution in [0.3, 0.4) is 0 Å². The van der Waals surface area contributed by atoms with Gasteiger partial charge in [0.15, 0.2) is 6.29 Å². The second-order valence-electron chi connectivity index (χ2n) is 4.97. The topological polar surface area (TPSA) is 113 Å². The maximum absolute atomic E-state index is 12.0. The van der Waals surface area contributed by atoms with Gasteiger partial charge >= 0.3 is 0 Å². The Kier molecular flexibility index (Phi) is 4.97. The molecule has 21 heavy (non-hydrogen) atoms. The summed E-state index contributed by atoms with van der Waals surface area (Å²) < 4.78 is 33.7. The van der Waals surface area contributed by atoms with Crippen LogP contribution in [0.15, 0.2) is 29.2 Å². The molecule has 0 saturated carbocycles. The van der Waals surface area contributed by atoms with E-state index in [1.165, 1.54) is 12.1 Å². The monoisotopic (exact) mass is 318 g/mol. The maximum atomic E-state index is 12.0. The third-order valence-corrected chi connectivity index (χ3v) is 4.54. The Morgan fingerprint density at radius 3 is 2.48 bits per heavy atom. The predicted molar refractivity (Wildman–Crippen MR) is 71.8 cm³/mol. The summed E-state index contributed by atoms with van der Waals surface area (Å²) in [6.07, 6.45) is -5.03. The highest BCUT2D eigenvalue weighted by molar-refractivity contribution is 7.86. The minimum atomic E-state index is -3.99. The molecule has 3 N–H and O–H groups in total. The number of aryl methyl sites for hydroxylation is 1. The minimum Gasteiger partial charge on any atom is -0.390 e. The molecule has 0 bridgehead atoms. The highest BCUT2D eigenvalue weighted by Crippen LogP contribution is 2.21. The first-order valence-corrected chi connectivity index (χ1v) is 7.86. The molecule has 118 valence electrons. The van der Waals surface area contributed by atoms with Crippen LogP contribution in [-0.2, 0) is 19.0 Å². The molecule has 1 aliphatic rings. The minimum absolute atomic E-state index is 0.0144. The van der Waals surface area contributed by atoms with E-state index in [1.807, 2.05) is 6.92 Å². The van der Waals surface area contributed by atoms with Crippen molar-refractivity contribution in [2.24, 2.45) is 0 Å². The van der Waals surface area contributed by atoms with Crippen molar-refractivity contribution in [3.05, 3.63) is 29.8 Å². The van der Waals surface area contributed by atoms with Crippen LogP contribution in [-0.4, -0.2) is 54.9 Å². The van der Waals surface area contributed by atoms with Gasteiger partial charge in [-0.25, -0.2) is 0 Å². The number of aliphatic hydroxyl groups is 3. The van der Waals surface area contributed by atoms with Crippen molar-refractivity contribution in [1.29, 1.82) is 0 Å². The van der Waals surface area contributed by atoms with E-state index in [4.69, 9.17) is 8.92 Å². The fourth-order valence-electron chi connectivity index (χ4n) is 2.00. The van der Waals surface area contributed by atoms with Gasteiger partial charge in [0.05, 0.1) is 17.6 Å². The Labute approximate surface area is 122 Å². The number of rotatable bonds is 4. The van der Waals surface area contributed by atoms with Gasteiger partial charge in [-0.3, -0.25) is 4.18 Å². The van der Waals surface area contributed by atoms with Crippen LogP contribution >= 0.6 is 0 Å². The molecule has 0 aromatic heterocycles. The molecular weight excluding hydrogens is 300 g/mol. The molecule has 2 rings (SSSR count). The largest absolute Gasteiger partial charge is 0.390 e. The van der Waals surface area contributed by atoms with E-state index < -0.39 is 41.3 Å². The van der Waals surface area contributed by atoms with Gasteiger partial charge in [-0.1, -0.05) is 17.7 Å². The fourth-order valence-corrected chi connectivity index (χ4v) is 2.92. The molecule has 1 aromatic carbocycles. The highest BCUT2D eigenvalue weighted by Gasteiger charge is 2.37. The van der Waals surface area contributed by atoms with Crippen LogP contribution in [0.5, 0.6) is 0 Å². The molecule has 1 aliphatic heterocycles. The van der Waals surface area contributed by atoms with Gasteiger partial charge in [0.1, 0.15) is 12.2 Å². The zero-order chi connectivity index (χ0) is 15.6. The number of hydrogen-bond acceptors (Lipinski definition) is 7. The number of aliphatic hydroxyl groups excluding tert-OH is 3. The molecule has 0 aliphatic carbocycles. The zero-order valence-electron chi connectivity index (χ0n) is 11.4. The Balaban J connectivity index is 2.02. The summed E-state index contributed by atoms with van der Waals surface area (Å²) in [5.41, 5.74) is 0.909. The maximum Gasteiger partial charge on any atom is 0.297 e. The van der Waals surface area contributed by atoms with Gasteiger partial charge in [0.2, 0.25) is 0 Å². The van der Waals surface area contributed by atoms with Crippen molar-refractivity contribution >= 4 is 10.1 Å². The van der Waals surface area contributed by atoms with Crippen LogP contribution in [0, 0.1) is 6.92 Å². The second kappa shape index (κ2) is 6.39. The summed E-state index contributed by atoms with van der Waals surface area (Å²) in [6.45, 7) is 1.33. The van der Waals surface area contributed by atoms with Crippen LogP contribution in [0.25, 0.3) is 0 Å². The molecule has 1 fully saturated rings. The van der Waals surface area contributed by atoms with Gasteiger partial charge < -0.3 is 20.1 Å². The van der Waals surface area contributed by atoms with Crippen molar-refractivity contribution in [2.45, 2.75) is 42.8 Å². The summed E-state index contributed by atoms with van der Waals surface area (Å²) in [7, 11) is -3.99. The van der Waals surface area contributed by atoms with Gasteiger partial charge in [-0.2, -0.15) is 8.42 Å². The van der Waals surface area contributed by atoms with E-state index in [0.29, 0.717) is 0 Å². The zero-order valence-corrected chi connectivity index (χ0v) is 12.2. The summed E-state index contributed by atoms with van der Waals surface area (Å²) in [6, 6.07) is 6.09. The van der Waals surface area contributed by atoms with E-state index in [2.05, 4.69) is 0 Å². The van der Waals surface area contributed by atoms with Gasteiger partial charge in [0.25, 0.3) is 10.1 Å². The average molecular weight is 318 g/mol. The third kappa shape index (κ3) is 4.00. The lowest BCUT2D eigenvalue weighted by molar-refractivity contribution is -0.237. The molecule has 1 aromatic rings. The molecule has 1 heterocycles. The molecule has 8 heteroatoms. The van der Waals surface area contributed by atoms with Crippen LogP contribution in [0.1, 0.15) is 12.0 Å². The molecule has 1 saturated heterocycles. The van der Waals surface area contributed by atoms with Crippen molar-refractivity contribution in [3.8, 4) is 0 Å². The van der Waals surface area contributed by atoms with E-state index in [9.17, 15) is 23.7 Å². The Morgan fingerprint density at radius 1 is 1.24 bits per heavy atom. The van der Waals surface area contributed by atoms with Crippen molar-refractivity contribution in [2.75, 3.05) is 6.61 Å².